The summed E-state index contributed by atoms with van der Waals surface area (Å²) in [5.41, 5.74) is 10.4. The van der Waals surface area contributed by atoms with Gasteiger partial charge in [-0.05, 0) is 6.07 Å². The van der Waals surface area contributed by atoms with E-state index < -0.39 is 16.9 Å². The maximum atomic E-state index is 10.7. The summed E-state index contributed by atoms with van der Waals surface area (Å²) < 4.78 is 0. The van der Waals surface area contributed by atoms with Crippen LogP contribution in [0.5, 0.6) is 0 Å². The zero-order valence-corrected chi connectivity index (χ0v) is 9.15. The molecule has 0 aliphatic heterocycles. The summed E-state index contributed by atoms with van der Waals surface area (Å²) in [4.78, 5) is 21.4. The van der Waals surface area contributed by atoms with Gasteiger partial charge in [-0.1, -0.05) is 12.1 Å². The van der Waals surface area contributed by atoms with Crippen LogP contribution in [0.3, 0.4) is 0 Å². The number of benzene rings is 1. The van der Waals surface area contributed by atoms with Gasteiger partial charge in [0.1, 0.15) is 0 Å². The zero-order chi connectivity index (χ0) is 12.1. The quantitative estimate of drug-likeness (QED) is 0.443. The highest BCUT2D eigenvalue weighted by Crippen LogP contribution is 2.28. The SMILES string of the molecule is NC(=O)C(N)CSc1ccccc1[N+](=O)[O-]. The molecule has 0 aliphatic rings. The number of para-hydroxylation sites is 1. The number of nitro benzene ring substituents is 1. The summed E-state index contributed by atoms with van der Waals surface area (Å²) in [5, 5.41) is 10.7. The van der Waals surface area contributed by atoms with Gasteiger partial charge in [0, 0.05) is 11.8 Å². The number of nitro groups is 1. The van der Waals surface area contributed by atoms with Gasteiger partial charge in [0.15, 0.2) is 0 Å². The number of primary amides is 1. The fourth-order valence-corrected chi connectivity index (χ4v) is 1.98. The van der Waals surface area contributed by atoms with E-state index in [9.17, 15) is 14.9 Å². The predicted molar refractivity (Wildman–Crippen MR) is 61.0 cm³/mol. The molecular formula is C9H11N3O3S. The van der Waals surface area contributed by atoms with Crippen LogP contribution in [0.4, 0.5) is 5.69 Å². The van der Waals surface area contributed by atoms with Crippen LogP contribution in [-0.2, 0) is 4.79 Å². The van der Waals surface area contributed by atoms with Crippen molar-refractivity contribution in [2.24, 2.45) is 11.5 Å². The van der Waals surface area contributed by atoms with Crippen LogP contribution in [0.1, 0.15) is 0 Å². The van der Waals surface area contributed by atoms with Gasteiger partial charge in [-0.2, -0.15) is 0 Å². The summed E-state index contributed by atoms with van der Waals surface area (Å²) in [6, 6.07) is 5.47. The van der Waals surface area contributed by atoms with Crippen molar-refractivity contribution in [1.82, 2.24) is 0 Å². The molecule has 1 unspecified atom stereocenters. The van der Waals surface area contributed by atoms with E-state index in [0.717, 1.165) is 11.8 Å². The third kappa shape index (κ3) is 3.21. The summed E-state index contributed by atoms with van der Waals surface area (Å²) in [6.07, 6.45) is 0. The van der Waals surface area contributed by atoms with Crippen LogP contribution in [0.15, 0.2) is 29.2 Å². The monoisotopic (exact) mass is 241 g/mol. The first-order valence-electron chi connectivity index (χ1n) is 4.43. The van der Waals surface area contributed by atoms with Crippen molar-refractivity contribution >= 4 is 23.4 Å². The minimum Gasteiger partial charge on any atom is -0.368 e. The van der Waals surface area contributed by atoms with Crippen LogP contribution in [0, 0.1) is 10.1 Å². The molecule has 0 bridgehead atoms. The Kier molecular flexibility index (Phi) is 4.27. The molecule has 1 aromatic carbocycles. The van der Waals surface area contributed by atoms with Crippen LogP contribution < -0.4 is 11.5 Å². The molecule has 0 saturated carbocycles. The highest BCUT2D eigenvalue weighted by Gasteiger charge is 2.15. The van der Waals surface area contributed by atoms with Crippen molar-refractivity contribution in [3.05, 3.63) is 34.4 Å². The number of carbonyl (C=O) groups excluding carboxylic acids is 1. The Bertz CT molecular complexity index is 411. The Morgan fingerprint density at radius 2 is 2.12 bits per heavy atom. The van der Waals surface area contributed by atoms with E-state index in [4.69, 9.17) is 11.5 Å². The van der Waals surface area contributed by atoms with Gasteiger partial charge >= 0.3 is 0 Å². The topological polar surface area (TPSA) is 112 Å². The van der Waals surface area contributed by atoms with Crippen molar-refractivity contribution in [3.8, 4) is 0 Å². The summed E-state index contributed by atoms with van der Waals surface area (Å²) in [5.74, 6) is -0.397. The first kappa shape index (κ1) is 12.5. The molecule has 1 rings (SSSR count). The minimum atomic E-state index is -0.801. The van der Waals surface area contributed by atoms with Crippen LogP contribution >= 0.6 is 11.8 Å². The molecule has 0 saturated heterocycles. The molecule has 0 aliphatic carbocycles. The Balaban J connectivity index is 2.74. The molecule has 0 radical (unpaired) electrons. The van der Waals surface area contributed by atoms with Crippen molar-refractivity contribution in [1.29, 1.82) is 0 Å². The Labute approximate surface area is 96.1 Å². The number of hydrogen-bond acceptors (Lipinski definition) is 5. The molecular weight excluding hydrogens is 230 g/mol. The molecule has 0 fully saturated rings. The number of nitrogens with zero attached hydrogens (tertiary/aromatic N) is 1. The molecule has 0 aromatic heterocycles. The van der Waals surface area contributed by atoms with Crippen molar-refractivity contribution in [3.63, 3.8) is 0 Å². The molecule has 16 heavy (non-hydrogen) atoms. The molecule has 1 aromatic rings. The lowest BCUT2D eigenvalue weighted by Crippen LogP contribution is -2.38. The van der Waals surface area contributed by atoms with E-state index >= 15 is 0 Å². The zero-order valence-electron chi connectivity index (χ0n) is 8.33. The largest absolute Gasteiger partial charge is 0.368 e. The van der Waals surface area contributed by atoms with E-state index in [1.165, 1.54) is 6.07 Å². The molecule has 1 atom stereocenters. The van der Waals surface area contributed by atoms with Gasteiger partial charge in [0.2, 0.25) is 5.91 Å². The lowest BCUT2D eigenvalue weighted by Gasteiger charge is -2.06. The second-order valence-electron chi connectivity index (χ2n) is 3.04. The second-order valence-corrected chi connectivity index (χ2v) is 4.11. The van der Waals surface area contributed by atoms with Gasteiger partial charge < -0.3 is 11.5 Å². The standard InChI is InChI=1S/C9H11N3O3S/c10-6(9(11)13)5-16-8-4-2-1-3-7(8)12(14)15/h1-4,6H,5,10H2,(H2,11,13). The fraction of sp³-hybridized carbons (Fsp3) is 0.222. The lowest BCUT2D eigenvalue weighted by atomic mass is 10.3. The first-order valence-corrected chi connectivity index (χ1v) is 5.42. The summed E-state index contributed by atoms with van der Waals surface area (Å²) in [6.45, 7) is 0. The van der Waals surface area contributed by atoms with Crippen molar-refractivity contribution in [2.75, 3.05) is 5.75 Å². The van der Waals surface area contributed by atoms with Gasteiger partial charge in [0.25, 0.3) is 5.69 Å². The maximum Gasteiger partial charge on any atom is 0.282 e. The number of nitrogens with two attached hydrogens (primary N) is 2. The van der Waals surface area contributed by atoms with E-state index in [0.29, 0.717) is 4.90 Å². The van der Waals surface area contributed by atoms with E-state index in [1.54, 1.807) is 18.2 Å². The average Bonchev–Trinajstić information content (AvgIpc) is 2.25. The lowest BCUT2D eigenvalue weighted by molar-refractivity contribution is -0.387. The van der Waals surface area contributed by atoms with E-state index in [-0.39, 0.29) is 11.4 Å². The molecule has 6 nitrogen and oxygen atoms in total. The van der Waals surface area contributed by atoms with Gasteiger partial charge in [-0.25, -0.2) is 0 Å². The van der Waals surface area contributed by atoms with Crippen LogP contribution in [-0.4, -0.2) is 22.6 Å². The minimum absolute atomic E-state index is 0.00386. The van der Waals surface area contributed by atoms with Crippen LogP contribution in [0.2, 0.25) is 0 Å². The number of rotatable bonds is 5. The van der Waals surface area contributed by atoms with E-state index in [2.05, 4.69) is 0 Å². The summed E-state index contributed by atoms with van der Waals surface area (Å²) >= 11 is 1.14. The Morgan fingerprint density at radius 1 is 1.50 bits per heavy atom. The van der Waals surface area contributed by atoms with Crippen molar-refractivity contribution < 1.29 is 9.72 Å². The molecule has 0 heterocycles. The fourth-order valence-electron chi connectivity index (χ4n) is 0.992. The van der Waals surface area contributed by atoms with E-state index in [1.807, 2.05) is 0 Å². The van der Waals surface area contributed by atoms with Gasteiger partial charge in [-0.3, -0.25) is 14.9 Å². The molecule has 7 heteroatoms. The highest BCUT2D eigenvalue weighted by molar-refractivity contribution is 7.99. The van der Waals surface area contributed by atoms with Gasteiger partial charge in [0.05, 0.1) is 15.9 Å². The average molecular weight is 241 g/mol. The highest BCUT2D eigenvalue weighted by atomic mass is 32.2. The molecule has 86 valence electrons. The second kappa shape index (κ2) is 5.47. The smallest absolute Gasteiger partial charge is 0.282 e. The summed E-state index contributed by atoms with van der Waals surface area (Å²) in [7, 11) is 0. The van der Waals surface area contributed by atoms with Crippen molar-refractivity contribution in [2.45, 2.75) is 10.9 Å². The maximum absolute atomic E-state index is 10.7. The Hall–Kier alpha value is -1.60. The third-order valence-corrected chi connectivity index (χ3v) is 3.03. The number of hydrogen-bond donors (Lipinski definition) is 2. The third-order valence-electron chi connectivity index (χ3n) is 1.85. The molecule has 4 N–H and O–H groups in total. The Morgan fingerprint density at radius 3 is 2.69 bits per heavy atom. The predicted octanol–water partition coefficient (Wildman–Crippen LogP) is 0.499. The number of carbonyl (C=O) groups is 1. The van der Waals surface area contributed by atoms with Gasteiger partial charge in [-0.15, -0.1) is 11.8 Å². The molecule has 1 amide bonds. The van der Waals surface area contributed by atoms with Crippen LogP contribution in [0.25, 0.3) is 0 Å². The first-order chi connectivity index (χ1) is 7.52. The number of amides is 1. The number of thioether (sulfide) groups is 1. The normalized spacial score (nSPS) is 12.1. The molecule has 0 spiro atoms.